The van der Waals surface area contributed by atoms with E-state index in [0.29, 0.717) is 44.3 Å². The smallest absolute Gasteiger partial charge is 0.255 e. The molecule has 1 aliphatic rings. The van der Waals surface area contributed by atoms with E-state index >= 15 is 0 Å². The molecule has 184 valence electrons. The maximum absolute atomic E-state index is 14.4. The molecule has 0 aliphatic carbocycles. The molecule has 0 spiro atoms. The molecule has 0 bridgehead atoms. The molecule has 7 heteroatoms. The highest BCUT2D eigenvalue weighted by molar-refractivity contribution is 6.10. The number of carbonyl (C=O) groups excluding carboxylic acids is 1. The van der Waals surface area contributed by atoms with Gasteiger partial charge in [-0.3, -0.25) is 9.78 Å². The lowest BCUT2D eigenvalue weighted by Crippen LogP contribution is -2.36. The average molecular weight is 486 g/mol. The van der Waals surface area contributed by atoms with Crippen LogP contribution in [0.3, 0.4) is 0 Å². The summed E-state index contributed by atoms with van der Waals surface area (Å²) in [5.41, 5.74) is 2.79. The Morgan fingerprint density at radius 2 is 1.86 bits per heavy atom. The van der Waals surface area contributed by atoms with Crippen LogP contribution in [0.1, 0.15) is 22.3 Å². The number of hydrogen-bond acceptors (Lipinski definition) is 5. The number of rotatable bonds is 8. The minimum absolute atomic E-state index is 0.274. The minimum atomic E-state index is -0.441. The van der Waals surface area contributed by atoms with Gasteiger partial charge in [0, 0.05) is 53.2 Å². The lowest BCUT2D eigenvalue weighted by Gasteiger charge is -2.29. The van der Waals surface area contributed by atoms with Gasteiger partial charge in [0.2, 0.25) is 0 Å². The van der Waals surface area contributed by atoms with Gasteiger partial charge in [0.05, 0.1) is 19.8 Å². The topological polar surface area (TPSA) is 63.7 Å². The van der Waals surface area contributed by atoms with Gasteiger partial charge in [-0.05, 0) is 54.8 Å². The zero-order chi connectivity index (χ0) is 24.7. The summed E-state index contributed by atoms with van der Waals surface area (Å²) in [6.07, 6.45) is 5.39. The summed E-state index contributed by atoms with van der Waals surface area (Å²) in [5.74, 6) is -0.0431. The molecule has 1 N–H and O–H groups in total. The number of amides is 1. The third-order valence-corrected chi connectivity index (χ3v) is 6.24. The van der Waals surface area contributed by atoms with Gasteiger partial charge in [-0.15, -0.1) is 0 Å². The molecule has 4 aromatic rings. The van der Waals surface area contributed by atoms with E-state index in [1.54, 1.807) is 12.3 Å². The largest absolute Gasteiger partial charge is 0.493 e. The standard InChI is InChI=1S/C29H28FN3O3/c30-23-17-22(18-24(19-23)33-12-15-35-16-13-33)29(34)32-27-9-10-28(26-8-2-1-7-25(26)27)36-14-4-6-21-5-3-11-31-20-21/h1-3,5,7-11,17-20H,4,6,12-16H2,(H,32,34). The van der Waals surface area contributed by atoms with Crippen molar-refractivity contribution in [2.75, 3.05) is 43.1 Å². The normalized spacial score (nSPS) is 13.5. The molecule has 0 saturated carbocycles. The van der Waals surface area contributed by atoms with Crippen molar-refractivity contribution in [1.29, 1.82) is 0 Å². The second-order valence-electron chi connectivity index (χ2n) is 8.72. The van der Waals surface area contributed by atoms with Gasteiger partial charge in [-0.1, -0.05) is 30.3 Å². The zero-order valence-corrected chi connectivity index (χ0v) is 20.0. The van der Waals surface area contributed by atoms with Crippen LogP contribution in [0.25, 0.3) is 10.8 Å². The van der Waals surface area contributed by atoms with Crippen LogP contribution in [0.15, 0.2) is 79.1 Å². The number of nitrogens with zero attached hydrogens (tertiary/aromatic N) is 2. The van der Waals surface area contributed by atoms with Crippen LogP contribution >= 0.6 is 0 Å². The van der Waals surface area contributed by atoms with E-state index < -0.39 is 5.82 Å². The van der Waals surface area contributed by atoms with E-state index in [9.17, 15) is 9.18 Å². The fourth-order valence-electron chi connectivity index (χ4n) is 4.41. The Kier molecular flexibility index (Phi) is 7.38. The van der Waals surface area contributed by atoms with Gasteiger partial charge in [0.15, 0.2) is 0 Å². The molecule has 1 aliphatic heterocycles. The quantitative estimate of drug-likeness (QED) is 0.335. The van der Waals surface area contributed by atoms with Crippen LogP contribution in [0.4, 0.5) is 15.8 Å². The number of halogens is 1. The molecule has 2 heterocycles. The monoisotopic (exact) mass is 485 g/mol. The Labute approximate surface area is 209 Å². The van der Waals surface area contributed by atoms with E-state index in [2.05, 4.69) is 16.4 Å². The number of benzene rings is 3. The lowest BCUT2D eigenvalue weighted by atomic mass is 10.1. The molecule has 3 aromatic carbocycles. The molecular formula is C29H28FN3O3. The molecule has 6 nitrogen and oxygen atoms in total. The Hall–Kier alpha value is -3.97. The lowest BCUT2D eigenvalue weighted by molar-refractivity contribution is 0.102. The van der Waals surface area contributed by atoms with Gasteiger partial charge in [0.25, 0.3) is 5.91 Å². The van der Waals surface area contributed by atoms with Crippen molar-refractivity contribution in [1.82, 2.24) is 4.98 Å². The summed E-state index contributed by atoms with van der Waals surface area (Å²) in [6, 6.07) is 19.9. The van der Waals surface area contributed by atoms with E-state index in [4.69, 9.17) is 9.47 Å². The van der Waals surface area contributed by atoms with E-state index in [-0.39, 0.29) is 11.5 Å². The summed E-state index contributed by atoms with van der Waals surface area (Å²) in [4.78, 5) is 19.3. The Morgan fingerprint density at radius 1 is 1.03 bits per heavy atom. The number of aryl methyl sites for hydroxylation is 1. The number of nitrogens with one attached hydrogen (secondary N) is 1. The average Bonchev–Trinajstić information content (AvgIpc) is 2.92. The van der Waals surface area contributed by atoms with Crippen molar-refractivity contribution in [3.05, 3.63) is 96.1 Å². The Balaban J connectivity index is 1.30. The second-order valence-corrected chi connectivity index (χ2v) is 8.72. The second kappa shape index (κ2) is 11.2. The maximum Gasteiger partial charge on any atom is 0.255 e. The highest BCUT2D eigenvalue weighted by Gasteiger charge is 2.17. The summed E-state index contributed by atoms with van der Waals surface area (Å²) in [6.45, 7) is 3.07. The fourth-order valence-corrected chi connectivity index (χ4v) is 4.41. The SMILES string of the molecule is O=C(Nc1ccc(OCCCc2cccnc2)c2ccccc12)c1cc(F)cc(N2CCOCC2)c1. The molecule has 0 radical (unpaired) electrons. The van der Waals surface area contributed by atoms with E-state index in [0.717, 1.165) is 29.4 Å². The molecule has 1 saturated heterocycles. The third kappa shape index (κ3) is 5.63. The van der Waals surface area contributed by atoms with Crippen LogP contribution in [-0.2, 0) is 11.2 Å². The predicted octanol–water partition coefficient (Wildman–Crippen LogP) is 5.47. The molecule has 36 heavy (non-hydrogen) atoms. The molecule has 0 atom stereocenters. The Morgan fingerprint density at radius 3 is 2.67 bits per heavy atom. The van der Waals surface area contributed by atoms with Gasteiger partial charge in [0.1, 0.15) is 11.6 Å². The number of pyridine rings is 1. The number of hydrogen-bond donors (Lipinski definition) is 1. The summed E-state index contributed by atoms with van der Waals surface area (Å²) >= 11 is 0. The van der Waals surface area contributed by atoms with E-state index in [1.807, 2.05) is 53.6 Å². The summed E-state index contributed by atoms with van der Waals surface area (Å²) in [7, 11) is 0. The highest BCUT2D eigenvalue weighted by atomic mass is 19.1. The summed E-state index contributed by atoms with van der Waals surface area (Å²) in [5, 5.41) is 4.73. The number of carbonyl (C=O) groups is 1. The van der Waals surface area contributed by atoms with Crippen molar-refractivity contribution in [2.24, 2.45) is 0 Å². The molecule has 1 fully saturated rings. The summed E-state index contributed by atoms with van der Waals surface area (Å²) < 4.78 is 25.9. The first-order chi connectivity index (χ1) is 17.7. The van der Waals surface area contributed by atoms with Crippen molar-refractivity contribution in [2.45, 2.75) is 12.8 Å². The van der Waals surface area contributed by atoms with E-state index in [1.165, 1.54) is 17.7 Å². The van der Waals surface area contributed by atoms with Gasteiger partial charge >= 0.3 is 0 Å². The zero-order valence-electron chi connectivity index (χ0n) is 20.0. The molecule has 1 aromatic heterocycles. The van der Waals surface area contributed by atoms with Gasteiger partial charge in [-0.25, -0.2) is 4.39 Å². The Bertz CT molecular complexity index is 1340. The van der Waals surface area contributed by atoms with Gasteiger partial charge in [-0.2, -0.15) is 0 Å². The first-order valence-electron chi connectivity index (χ1n) is 12.2. The fraction of sp³-hybridized carbons (Fsp3) is 0.241. The third-order valence-electron chi connectivity index (χ3n) is 6.24. The van der Waals surface area contributed by atoms with Crippen LogP contribution < -0.4 is 15.0 Å². The van der Waals surface area contributed by atoms with Crippen LogP contribution in [0, 0.1) is 5.82 Å². The molecule has 5 rings (SSSR count). The number of anilines is 2. The van der Waals surface area contributed by atoms with Crippen LogP contribution in [0.5, 0.6) is 5.75 Å². The minimum Gasteiger partial charge on any atom is -0.493 e. The number of morpholine rings is 1. The van der Waals surface area contributed by atoms with Crippen molar-refractivity contribution in [3.8, 4) is 5.75 Å². The van der Waals surface area contributed by atoms with Crippen LogP contribution in [0.2, 0.25) is 0 Å². The number of aromatic nitrogens is 1. The molecule has 0 unspecified atom stereocenters. The van der Waals surface area contributed by atoms with Crippen molar-refractivity contribution >= 4 is 28.1 Å². The van der Waals surface area contributed by atoms with Crippen LogP contribution in [-0.4, -0.2) is 43.8 Å². The van der Waals surface area contributed by atoms with Crippen molar-refractivity contribution in [3.63, 3.8) is 0 Å². The maximum atomic E-state index is 14.4. The first-order valence-corrected chi connectivity index (χ1v) is 12.2. The van der Waals surface area contributed by atoms with Crippen molar-refractivity contribution < 1.29 is 18.7 Å². The molecule has 1 amide bonds. The first kappa shape index (κ1) is 23.8. The number of fused-ring (bicyclic) bond motifs is 1. The number of ether oxygens (including phenoxy) is 2. The highest BCUT2D eigenvalue weighted by Crippen LogP contribution is 2.32. The predicted molar refractivity (Wildman–Crippen MR) is 139 cm³/mol. The van der Waals surface area contributed by atoms with Gasteiger partial charge < -0.3 is 19.7 Å². The molecular weight excluding hydrogens is 457 g/mol.